The van der Waals surface area contributed by atoms with Gasteiger partial charge in [-0.1, -0.05) is 0 Å². The zero-order valence-electron chi connectivity index (χ0n) is 18.7. The molecule has 0 bridgehead atoms. The van der Waals surface area contributed by atoms with Crippen molar-refractivity contribution in [3.63, 3.8) is 0 Å². The fourth-order valence-corrected chi connectivity index (χ4v) is 3.27. The summed E-state index contributed by atoms with van der Waals surface area (Å²) in [5, 5.41) is 35.0. The minimum Gasteiger partial charge on any atom is -0.481 e. The van der Waals surface area contributed by atoms with Crippen molar-refractivity contribution in [1.29, 1.82) is 0 Å². The third-order valence-corrected chi connectivity index (χ3v) is 5.27. The van der Waals surface area contributed by atoms with Gasteiger partial charge in [-0.25, -0.2) is 9.78 Å². The Morgan fingerprint density at radius 2 is 1.74 bits per heavy atom. The number of nitrogens with two attached hydrogens (primary N) is 1. The highest BCUT2D eigenvalue weighted by Crippen LogP contribution is 2.05. The Kier molecular flexibility index (Phi) is 12.0. The Labute approximate surface area is 199 Å². The number of aromatic nitrogens is 2. The number of aromatic amines is 1. The van der Waals surface area contributed by atoms with Crippen LogP contribution in [0.1, 0.15) is 25.5 Å². The van der Waals surface area contributed by atoms with Gasteiger partial charge in [-0.15, -0.1) is 0 Å². The molecule has 0 saturated carbocycles. The predicted molar refractivity (Wildman–Crippen MR) is 121 cm³/mol. The molecule has 14 nitrogen and oxygen atoms in total. The molecule has 0 aliphatic rings. The number of aliphatic hydroxyl groups is 1. The van der Waals surface area contributed by atoms with Crippen LogP contribution in [0, 0.1) is 0 Å². The first kappa shape index (κ1) is 28.9. The summed E-state index contributed by atoms with van der Waals surface area (Å²) >= 11 is 1.37. The molecule has 1 aromatic heterocycles. The van der Waals surface area contributed by atoms with E-state index in [1.54, 1.807) is 6.26 Å². The molecule has 0 saturated heterocycles. The lowest BCUT2D eigenvalue weighted by Gasteiger charge is -2.26. The Morgan fingerprint density at radius 3 is 2.24 bits per heavy atom. The van der Waals surface area contributed by atoms with Gasteiger partial charge in [0.15, 0.2) is 0 Å². The smallest absolute Gasteiger partial charge is 0.326 e. The first-order valence-electron chi connectivity index (χ1n) is 10.2. The first-order valence-corrected chi connectivity index (χ1v) is 11.6. The van der Waals surface area contributed by atoms with Crippen LogP contribution in [0.5, 0.6) is 0 Å². The number of aliphatic carboxylic acids is 2. The second kappa shape index (κ2) is 14.2. The molecular formula is C19H30N6O8S. The zero-order valence-corrected chi connectivity index (χ0v) is 19.5. The Hall–Kier alpha value is -3.17. The van der Waals surface area contributed by atoms with E-state index in [0.717, 1.165) is 0 Å². The summed E-state index contributed by atoms with van der Waals surface area (Å²) in [6, 6.07) is -5.60. The SMILES string of the molecule is CSCCC(NC(=O)C(NC(=O)C(CC(=O)O)NC(=O)C(N)Cc1cnc[nH]1)C(C)O)C(=O)O. The summed E-state index contributed by atoms with van der Waals surface area (Å²) in [6.07, 6.45) is 2.46. The van der Waals surface area contributed by atoms with Gasteiger partial charge in [0, 0.05) is 18.3 Å². The van der Waals surface area contributed by atoms with Crippen LogP contribution in [0.2, 0.25) is 0 Å². The van der Waals surface area contributed by atoms with Crippen LogP contribution in [0.3, 0.4) is 0 Å². The number of carbonyl (C=O) groups excluding carboxylic acids is 3. The molecule has 5 atom stereocenters. The molecule has 5 unspecified atom stereocenters. The molecule has 0 fully saturated rings. The van der Waals surface area contributed by atoms with Gasteiger partial charge >= 0.3 is 11.9 Å². The van der Waals surface area contributed by atoms with Crippen molar-refractivity contribution in [3.05, 3.63) is 18.2 Å². The highest BCUT2D eigenvalue weighted by atomic mass is 32.2. The number of nitrogens with one attached hydrogen (secondary N) is 4. The highest BCUT2D eigenvalue weighted by Gasteiger charge is 2.33. The van der Waals surface area contributed by atoms with Crippen LogP contribution in [0.15, 0.2) is 12.5 Å². The summed E-state index contributed by atoms with van der Waals surface area (Å²) in [5.41, 5.74) is 6.35. The fourth-order valence-electron chi connectivity index (χ4n) is 2.80. The van der Waals surface area contributed by atoms with Gasteiger partial charge in [-0.2, -0.15) is 11.8 Å². The molecule has 0 aromatic carbocycles. The standard InChI is InChI=1S/C19H30N6O8S/c1-9(26)15(18(31)23-12(19(32)33)3-4-34-2)25-17(30)13(6-14(27)28)24-16(29)11(20)5-10-7-21-8-22-10/h7-9,11-13,15,26H,3-6,20H2,1-2H3,(H,21,22)(H,23,31)(H,24,29)(H,25,30)(H,27,28)(H,32,33). The van der Waals surface area contributed by atoms with E-state index >= 15 is 0 Å². The Morgan fingerprint density at radius 1 is 1.09 bits per heavy atom. The van der Waals surface area contributed by atoms with Gasteiger partial charge < -0.3 is 42.0 Å². The number of hydrogen-bond donors (Lipinski definition) is 8. The maximum Gasteiger partial charge on any atom is 0.326 e. The summed E-state index contributed by atoms with van der Waals surface area (Å²) in [4.78, 5) is 66.8. The number of carbonyl (C=O) groups is 5. The van der Waals surface area contributed by atoms with E-state index in [9.17, 15) is 34.2 Å². The van der Waals surface area contributed by atoms with Crippen LogP contribution < -0.4 is 21.7 Å². The van der Waals surface area contributed by atoms with Crippen LogP contribution in [-0.4, -0.2) is 97.2 Å². The number of thioether (sulfide) groups is 1. The molecule has 1 rings (SSSR count). The molecule has 0 spiro atoms. The average Bonchev–Trinajstić information content (AvgIpc) is 3.26. The largest absolute Gasteiger partial charge is 0.481 e. The normalized spacial score (nSPS) is 15.3. The van der Waals surface area contributed by atoms with Gasteiger partial charge in [0.2, 0.25) is 17.7 Å². The maximum atomic E-state index is 12.7. The van der Waals surface area contributed by atoms with Crippen molar-refractivity contribution in [2.45, 2.75) is 56.5 Å². The number of amides is 3. The molecule has 0 aliphatic carbocycles. The van der Waals surface area contributed by atoms with E-state index in [0.29, 0.717) is 11.4 Å². The van der Waals surface area contributed by atoms with E-state index < -0.39 is 66.4 Å². The molecule has 190 valence electrons. The van der Waals surface area contributed by atoms with Crippen molar-refractivity contribution >= 4 is 41.4 Å². The van der Waals surface area contributed by atoms with Crippen molar-refractivity contribution < 1.29 is 39.3 Å². The van der Waals surface area contributed by atoms with E-state index in [1.807, 2.05) is 0 Å². The lowest BCUT2D eigenvalue weighted by Crippen LogP contribution is -2.60. The molecule has 0 radical (unpaired) electrons. The number of nitrogens with zero attached hydrogens (tertiary/aromatic N) is 1. The predicted octanol–water partition coefficient (Wildman–Crippen LogP) is -2.57. The minimum atomic E-state index is -1.61. The van der Waals surface area contributed by atoms with Crippen LogP contribution in [0.25, 0.3) is 0 Å². The second-order valence-corrected chi connectivity index (χ2v) is 8.44. The van der Waals surface area contributed by atoms with Gasteiger partial charge in [0.25, 0.3) is 0 Å². The summed E-state index contributed by atoms with van der Waals surface area (Å²) < 4.78 is 0. The summed E-state index contributed by atoms with van der Waals surface area (Å²) in [5.74, 6) is -5.13. The summed E-state index contributed by atoms with van der Waals surface area (Å²) in [7, 11) is 0. The van der Waals surface area contributed by atoms with Crippen molar-refractivity contribution in [3.8, 4) is 0 Å². The van der Waals surface area contributed by atoms with Gasteiger partial charge in [-0.3, -0.25) is 19.2 Å². The Bertz CT molecular complexity index is 850. The number of H-pyrrole nitrogens is 1. The molecule has 1 heterocycles. The molecule has 15 heteroatoms. The van der Waals surface area contributed by atoms with Crippen LogP contribution >= 0.6 is 11.8 Å². The number of carboxylic acid groups (broad SMARTS) is 2. The van der Waals surface area contributed by atoms with E-state index in [1.165, 1.54) is 31.2 Å². The molecule has 34 heavy (non-hydrogen) atoms. The van der Waals surface area contributed by atoms with Crippen molar-refractivity contribution in [2.24, 2.45) is 5.73 Å². The lowest BCUT2D eigenvalue weighted by atomic mass is 10.1. The molecule has 3 amide bonds. The summed E-state index contributed by atoms with van der Waals surface area (Å²) in [6.45, 7) is 1.19. The van der Waals surface area contributed by atoms with Gasteiger partial charge in [0.05, 0.1) is 24.9 Å². The molecule has 1 aromatic rings. The maximum absolute atomic E-state index is 12.7. The molecular weight excluding hydrogens is 472 g/mol. The number of rotatable bonds is 15. The molecule has 0 aliphatic heterocycles. The van der Waals surface area contributed by atoms with Crippen molar-refractivity contribution in [2.75, 3.05) is 12.0 Å². The quantitative estimate of drug-likeness (QED) is 0.124. The monoisotopic (exact) mass is 502 g/mol. The topological polar surface area (TPSA) is 237 Å². The van der Waals surface area contributed by atoms with Crippen LogP contribution in [0.4, 0.5) is 0 Å². The minimum absolute atomic E-state index is 0.0402. The first-order chi connectivity index (χ1) is 16.0. The number of carboxylic acids is 2. The third kappa shape index (κ3) is 9.76. The third-order valence-electron chi connectivity index (χ3n) is 4.63. The fraction of sp³-hybridized carbons (Fsp3) is 0.579. The molecule has 9 N–H and O–H groups in total. The number of imidazole rings is 1. The zero-order chi connectivity index (χ0) is 25.8. The van der Waals surface area contributed by atoms with E-state index in [-0.39, 0.29) is 12.8 Å². The number of hydrogen-bond acceptors (Lipinski definition) is 9. The van der Waals surface area contributed by atoms with E-state index in [4.69, 9.17) is 10.8 Å². The van der Waals surface area contributed by atoms with Crippen molar-refractivity contribution in [1.82, 2.24) is 25.9 Å². The van der Waals surface area contributed by atoms with Gasteiger partial charge in [-0.05, 0) is 25.4 Å². The second-order valence-electron chi connectivity index (χ2n) is 7.45. The van der Waals surface area contributed by atoms with E-state index in [2.05, 4.69) is 25.9 Å². The van der Waals surface area contributed by atoms with Crippen LogP contribution in [-0.2, 0) is 30.4 Å². The average molecular weight is 503 g/mol. The number of aliphatic hydroxyl groups excluding tert-OH is 1. The highest BCUT2D eigenvalue weighted by molar-refractivity contribution is 7.98. The Balaban J connectivity index is 2.89. The lowest BCUT2D eigenvalue weighted by molar-refractivity contribution is -0.144. The van der Waals surface area contributed by atoms with Gasteiger partial charge in [0.1, 0.15) is 18.1 Å².